The zero-order valence-electron chi connectivity index (χ0n) is 10.0. The maximum atomic E-state index is 11.9. The molecule has 0 bridgehead atoms. The Morgan fingerprint density at radius 3 is 2.89 bits per heavy atom. The molecule has 4 nitrogen and oxygen atoms in total. The average Bonchev–Trinajstić information content (AvgIpc) is 2.72. The van der Waals surface area contributed by atoms with E-state index < -0.39 is 0 Å². The highest BCUT2D eigenvalue weighted by Crippen LogP contribution is 2.25. The van der Waals surface area contributed by atoms with Crippen LogP contribution in [0.4, 0.5) is 5.69 Å². The number of carbonyl (C=O) groups is 1. The number of rotatable bonds is 3. The van der Waals surface area contributed by atoms with E-state index in [4.69, 9.17) is 17.3 Å². The summed E-state index contributed by atoms with van der Waals surface area (Å²) in [6.07, 6.45) is 2.50. The molecule has 2 rings (SSSR count). The summed E-state index contributed by atoms with van der Waals surface area (Å²) in [5.41, 5.74) is 6.53. The molecule has 1 fully saturated rings. The SMILES string of the molecule is Nc1cc(Cl)ccc1C(=O)NCC1CCCC1O. The summed E-state index contributed by atoms with van der Waals surface area (Å²) >= 11 is 5.78. The second-order valence-electron chi connectivity index (χ2n) is 4.70. The molecule has 0 aliphatic heterocycles. The Balaban J connectivity index is 1.95. The van der Waals surface area contributed by atoms with E-state index in [1.165, 1.54) is 0 Å². The number of nitrogens with two attached hydrogens (primary N) is 1. The molecule has 2 unspecified atom stereocenters. The van der Waals surface area contributed by atoms with Gasteiger partial charge < -0.3 is 16.2 Å². The molecular formula is C13H17ClN2O2. The zero-order valence-corrected chi connectivity index (χ0v) is 10.8. The molecule has 1 aromatic carbocycles. The topological polar surface area (TPSA) is 75.4 Å². The first-order valence-corrected chi connectivity index (χ1v) is 6.47. The summed E-state index contributed by atoms with van der Waals surface area (Å²) < 4.78 is 0. The first-order valence-electron chi connectivity index (χ1n) is 6.09. The number of carbonyl (C=O) groups excluding carboxylic acids is 1. The van der Waals surface area contributed by atoms with Crippen LogP contribution in [-0.4, -0.2) is 23.7 Å². The van der Waals surface area contributed by atoms with Gasteiger partial charge in [-0.25, -0.2) is 0 Å². The molecule has 1 aromatic rings. The van der Waals surface area contributed by atoms with Crippen LogP contribution in [0.3, 0.4) is 0 Å². The Hall–Kier alpha value is -1.26. The van der Waals surface area contributed by atoms with Crippen molar-refractivity contribution in [2.24, 2.45) is 5.92 Å². The first kappa shape index (κ1) is 13.2. The third-order valence-electron chi connectivity index (χ3n) is 3.40. The van der Waals surface area contributed by atoms with Crippen molar-refractivity contribution >= 4 is 23.2 Å². The highest BCUT2D eigenvalue weighted by atomic mass is 35.5. The number of aliphatic hydroxyl groups excluding tert-OH is 1. The Kier molecular flexibility index (Phi) is 4.09. The molecule has 0 aromatic heterocycles. The monoisotopic (exact) mass is 268 g/mol. The van der Waals surface area contributed by atoms with Crippen molar-refractivity contribution < 1.29 is 9.90 Å². The van der Waals surface area contributed by atoms with Gasteiger partial charge in [-0.3, -0.25) is 4.79 Å². The van der Waals surface area contributed by atoms with Gasteiger partial charge in [0, 0.05) is 23.2 Å². The number of benzene rings is 1. The van der Waals surface area contributed by atoms with E-state index in [0.717, 1.165) is 19.3 Å². The lowest BCUT2D eigenvalue weighted by Crippen LogP contribution is -2.32. The van der Waals surface area contributed by atoms with Crippen molar-refractivity contribution in [1.82, 2.24) is 5.32 Å². The Morgan fingerprint density at radius 1 is 1.50 bits per heavy atom. The van der Waals surface area contributed by atoms with Gasteiger partial charge in [-0.05, 0) is 31.0 Å². The lowest BCUT2D eigenvalue weighted by molar-refractivity contribution is 0.0917. The van der Waals surface area contributed by atoms with Crippen LogP contribution < -0.4 is 11.1 Å². The highest BCUT2D eigenvalue weighted by Gasteiger charge is 2.25. The maximum Gasteiger partial charge on any atom is 0.253 e. The summed E-state index contributed by atoms with van der Waals surface area (Å²) in [5, 5.41) is 13.0. The lowest BCUT2D eigenvalue weighted by Gasteiger charge is -2.15. The van der Waals surface area contributed by atoms with Crippen LogP contribution in [0.25, 0.3) is 0 Å². The molecule has 1 amide bonds. The molecule has 1 saturated carbocycles. The number of hydrogen-bond acceptors (Lipinski definition) is 3. The summed E-state index contributed by atoms with van der Waals surface area (Å²) in [6.45, 7) is 0.488. The van der Waals surface area contributed by atoms with E-state index in [-0.39, 0.29) is 17.9 Å². The summed E-state index contributed by atoms with van der Waals surface area (Å²) in [7, 11) is 0. The number of aliphatic hydroxyl groups is 1. The van der Waals surface area contributed by atoms with Gasteiger partial charge in [0.05, 0.1) is 11.7 Å². The van der Waals surface area contributed by atoms with Gasteiger partial charge in [-0.1, -0.05) is 18.0 Å². The van der Waals surface area contributed by atoms with Crippen LogP contribution in [-0.2, 0) is 0 Å². The molecule has 1 aliphatic carbocycles. The molecular weight excluding hydrogens is 252 g/mol. The minimum absolute atomic E-state index is 0.155. The molecule has 98 valence electrons. The quantitative estimate of drug-likeness (QED) is 0.732. The minimum atomic E-state index is -0.298. The summed E-state index contributed by atoms with van der Waals surface area (Å²) in [6, 6.07) is 4.80. The molecule has 1 aliphatic rings. The Labute approximate surface area is 111 Å². The van der Waals surface area contributed by atoms with Crippen molar-refractivity contribution in [2.45, 2.75) is 25.4 Å². The van der Waals surface area contributed by atoms with Gasteiger partial charge in [0.25, 0.3) is 5.91 Å². The van der Waals surface area contributed by atoms with Crippen LogP contribution in [0.15, 0.2) is 18.2 Å². The van der Waals surface area contributed by atoms with Crippen molar-refractivity contribution in [3.05, 3.63) is 28.8 Å². The predicted molar refractivity (Wildman–Crippen MR) is 71.5 cm³/mol. The lowest BCUT2D eigenvalue weighted by atomic mass is 10.1. The van der Waals surface area contributed by atoms with E-state index in [0.29, 0.717) is 22.8 Å². The fourth-order valence-corrected chi connectivity index (χ4v) is 2.50. The fraction of sp³-hybridized carbons (Fsp3) is 0.462. The second kappa shape index (κ2) is 5.59. The molecule has 18 heavy (non-hydrogen) atoms. The molecule has 5 heteroatoms. The summed E-state index contributed by atoms with van der Waals surface area (Å²) in [4.78, 5) is 11.9. The number of nitrogen functional groups attached to an aromatic ring is 1. The molecule has 0 heterocycles. The van der Waals surface area contributed by atoms with Crippen molar-refractivity contribution in [2.75, 3.05) is 12.3 Å². The molecule has 2 atom stereocenters. The second-order valence-corrected chi connectivity index (χ2v) is 5.14. The summed E-state index contributed by atoms with van der Waals surface area (Å²) in [5.74, 6) is -0.0641. The van der Waals surface area contributed by atoms with E-state index >= 15 is 0 Å². The van der Waals surface area contributed by atoms with E-state index in [1.807, 2.05) is 0 Å². The number of halogens is 1. The zero-order chi connectivity index (χ0) is 13.1. The Bertz CT molecular complexity index is 451. The number of anilines is 1. The number of nitrogens with one attached hydrogen (secondary N) is 1. The van der Waals surface area contributed by atoms with Crippen LogP contribution in [0.5, 0.6) is 0 Å². The maximum absolute atomic E-state index is 11.9. The number of hydrogen-bond donors (Lipinski definition) is 3. The molecule has 0 radical (unpaired) electrons. The third kappa shape index (κ3) is 2.94. The highest BCUT2D eigenvalue weighted by molar-refractivity contribution is 6.31. The van der Waals surface area contributed by atoms with Crippen molar-refractivity contribution in [3.8, 4) is 0 Å². The number of amides is 1. The van der Waals surface area contributed by atoms with E-state index in [9.17, 15) is 9.90 Å². The van der Waals surface area contributed by atoms with Gasteiger partial charge in [-0.2, -0.15) is 0 Å². The standard InChI is InChI=1S/C13H17ClN2O2/c14-9-4-5-10(11(15)6-9)13(18)16-7-8-2-1-3-12(8)17/h4-6,8,12,17H,1-3,7,15H2,(H,16,18). The van der Waals surface area contributed by atoms with Crippen LogP contribution in [0.1, 0.15) is 29.6 Å². The van der Waals surface area contributed by atoms with E-state index in [1.54, 1.807) is 18.2 Å². The Morgan fingerprint density at radius 2 is 2.28 bits per heavy atom. The normalized spacial score (nSPS) is 23.0. The van der Waals surface area contributed by atoms with Crippen LogP contribution >= 0.6 is 11.6 Å². The third-order valence-corrected chi connectivity index (χ3v) is 3.64. The average molecular weight is 269 g/mol. The van der Waals surface area contributed by atoms with Gasteiger partial charge in [0.2, 0.25) is 0 Å². The van der Waals surface area contributed by atoms with Crippen molar-refractivity contribution in [3.63, 3.8) is 0 Å². The van der Waals surface area contributed by atoms with E-state index in [2.05, 4.69) is 5.32 Å². The molecule has 0 spiro atoms. The minimum Gasteiger partial charge on any atom is -0.398 e. The fourth-order valence-electron chi connectivity index (χ4n) is 2.31. The van der Waals surface area contributed by atoms with Crippen molar-refractivity contribution in [1.29, 1.82) is 0 Å². The van der Waals surface area contributed by atoms with Gasteiger partial charge in [-0.15, -0.1) is 0 Å². The van der Waals surface area contributed by atoms with Gasteiger partial charge >= 0.3 is 0 Å². The molecule has 0 saturated heterocycles. The van der Waals surface area contributed by atoms with Gasteiger partial charge in [0.15, 0.2) is 0 Å². The predicted octanol–water partition coefficient (Wildman–Crippen LogP) is 1.81. The van der Waals surface area contributed by atoms with Crippen LogP contribution in [0.2, 0.25) is 5.02 Å². The van der Waals surface area contributed by atoms with Crippen LogP contribution in [0, 0.1) is 5.92 Å². The first-order chi connectivity index (χ1) is 8.58. The largest absolute Gasteiger partial charge is 0.398 e. The van der Waals surface area contributed by atoms with Gasteiger partial charge in [0.1, 0.15) is 0 Å². The molecule has 4 N–H and O–H groups in total. The smallest absolute Gasteiger partial charge is 0.253 e.